The average Bonchev–Trinajstić information content (AvgIpc) is 3.54. The molecule has 1 fully saturated rings. The van der Waals surface area contributed by atoms with Gasteiger partial charge in [0.2, 0.25) is 0 Å². The predicted molar refractivity (Wildman–Crippen MR) is 125 cm³/mol. The van der Waals surface area contributed by atoms with Crippen LogP contribution < -0.4 is 9.47 Å². The lowest BCUT2D eigenvalue weighted by molar-refractivity contribution is -0.0502. The highest BCUT2D eigenvalue weighted by atomic mass is 19.3. The molecule has 4 rings (SSSR count). The third kappa shape index (κ3) is 4.51. The van der Waals surface area contributed by atoms with Crippen molar-refractivity contribution in [2.75, 3.05) is 14.2 Å². The van der Waals surface area contributed by atoms with Crippen LogP contribution in [0.25, 0.3) is 16.9 Å². The van der Waals surface area contributed by atoms with Crippen LogP contribution in [0.5, 0.6) is 11.5 Å². The predicted octanol–water partition coefficient (Wildman–Crippen LogP) is 6.26. The molecule has 1 aromatic carbocycles. The van der Waals surface area contributed by atoms with Gasteiger partial charge in [0, 0.05) is 25.3 Å². The van der Waals surface area contributed by atoms with E-state index in [4.69, 9.17) is 14.2 Å². The third-order valence-corrected chi connectivity index (χ3v) is 6.82. The van der Waals surface area contributed by atoms with Crippen LogP contribution in [0.15, 0.2) is 36.7 Å². The molecule has 8 heteroatoms. The molecule has 0 aliphatic heterocycles. The van der Waals surface area contributed by atoms with Gasteiger partial charge in [-0.05, 0) is 61.4 Å². The molecule has 0 radical (unpaired) electrons. The smallest absolute Gasteiger partial charge is 0.387 e. The zero-order valence-electron chi connectivity index (χ0n) is 19.9. The number of ketones is 1. The molecule has 1 saturated carbocycles. The molecule has 1 aliphatic rings. The maximum Gasteiger partial charge on any atom is 0.387 e. The van der Waals surface area contributed by atoms with Crippen molar-refractivity contribution in [2.24, 2.45) is 5.92 Å². The summed E-state index contributed by atoms with van der Waals surface area (Å²) in [5, 5.41) is 0. The zero-order chi connectivity index (χ0) is 24.5. The van der Waals surface area contributed by atoms with E-state index < -0.39 is 12.2 Å². The maximum absolute atomic E-state index is 13.3. The molecule has 182 valence electrons. The van der Waals surface area contributed by atoms with Gasteiger partial charge in [-0.25, -0.2) is 4.98 Å². The van der Waals surface area contributed by atoms with Crippen LogP contribution in [0.3, 0.4) is 0 Å². The number of ether oxygens (including phenoxy) is 3. The van der Waals surface area contributed by atoms with Gasteiger partial charge in [0.25, 0.3) is 0 Å². The van der Waals surface area contributed by atoms with E-state index in [-0.39, 0.29) is 22.8 Å². The quantitative estimate of drug-likeness (QED) is 0.309. The Morgan fingerprint density at radius 2 is 1.88 bits per heavy atom. The number of aromatic nitrogens is 2. The van der Waals surface area contributed by atoms with Gasteiger partial charge in [-0.1, -0.05) is 13.8 Å². The van der Waals surface area contributed by atoms with Crippen molar-refractivity contribution < 1.29 is 27.8 Å². The van der Waals surface area contributed by atoms with Gasteiger partial charge >= 0.3 is 6.61 Å². The van der Waals surface area contributed by atoms with Gasteiger partial charge in [-0.15, -0.1) is 0 Å². The molecular formula is C26H30F2N2O4. The van der Waals surface area contributed by atoms with Gasteiger partial charge in [-0.3, -0.25) is 9.20 Å². The second-order valence-corrected chi connectivity index (χ2v) is 8.69. The number of Topliss-reactive ketones (excluding diaryl/α,β-unsaturated/α-hetero) is 1. The highest BCUT2D eigenvalue weighted by Crippen LogP contribution is 2.41. The second-order valence-electron chi connectivity index (χ2n) is 8.69. The molecule has 3 aromatic rings. The van der Waals surface area contributed by atoms with E-state index in [2.05, 4.69) is 18.8 Å². The number of pyridine rings is 1. The number of nitrogens with zero attached hydrogens (tertiary/aromatic N) is 2. The molecule has 0 amide bonds. The van der Waals surface area contributed by atoms with Crippen LogP contribution in [0, 0.1) is 5.92 Å². The van der Waals surface area contributed by atoms with Crippen molar-refractivity contribution in [1.82, 2.24) is 9.38 Å². The number of hydrogen-bond donors (Lipinski definition) is 0. The summed E-state index contributed by atoms with van der Waals surface area (Å²) in [6.07, 6.45) is 7.42. The van der Waals surface area contributed by atoms with Crippen molar-refractivity contribution in [1.29, 1.82) is 0 Å². The van der Waals surface area contributed by atoms with E-state index in [1.807, 2.05) is 22.7 Å². The fourth-order valence-corrected chi connectivity index (χ4v) is 4.59. The van der Waals surface area contributed by atoms with Crippen molar-refractivity contribution in [2.45, 2.75) is 58.2 Å². The number of benzene rings is 1. The van der Waals surface area contributed by atoms with Gasteiger partial charge in [0.1, 0.15) is 22.7 Å². The Bertz CT molecular complexity index is 1170. The third-order valence-electron chi connectivity index (χ3n) is 6.82. The average molecular weight is 473 g/mol. The van der Waals surface area contributed by atoms with Crippen molar-refractivity contribution >= 4 is 11.4 Å². The second kappa shape index (κ2) is 9.70. The fraction of sp³-hybridized carbons (Fsp3) is 0.462. The molecule has 34 heavy (non-hydrogen) atoms. The standard InChI is InChI=1S/C26H30F2N2O4/c1-5-26(6-2,33-4)18-9-10-30-19(15-29-23(30)14-18)17-12-21(32-3)24(20(31)11-16-7-8-16)22(13-17)34-25(27)28/h9-10,12-16,25H,5-8,11H2,1-4H3. The van der Waals surface area contributed by atoms with Crippen LogP contribution in [-0.2, 0) is 10.3 Å². The van der Waals surface area contributed by atoms with Gasteiger partial charge in [0.15, 0.2) is 5.78 Å². The Balaban J connectivity index is 1.80. The number of carbonyl (C=O) groups excluding carboxylic acids is 1. The highest BCUT2D eigenvalue weighted by Gasteiger charge is 2.31. The van der Waals surface area contributed by atoms with Crippen molar-refractivity contribution in [3.8, 4) is 22.8 Å². The molecule has 0 atom stereocenters. The number of methoxy groups -OCH3 is 2. The molecular weight excluding hydrogens is 442 g/mol. The minimum atomic E-state index is -3.07. The summed E-state index contributed by atoms with van der Waals surface area (Å²) in [6.45, 7) is 1.09. The van der Waals surface area contributed by atoms with E-state index in [1.54, 1.807) is 19.4 Å². The number of imidazole rings is 1. The SMILES string of the molecule is CCC(CC)(OC)c1ccn2c(-c3cc(OC)c(C(=O)CC4CC4)c(OC(F)F)c3)cnc2c1. The summed E-state index contributed by atoms with van der Waals surface area (Å²) >= 11 is 0. The number of carbonyl (C=O) groups is 1. The number of fused-ring (bicyclic) bond motifs is 1. The first kappa shape index (κ1) is 24.1. The highest BCUT2D eigenvalue weighted by molar-refractivity contribution is 6.02. The number of alkyl halides is 2. The van der Waals surface area contributed by atoms with E-state index in [0.717, 1.165) is 31.2 Å². The normalized spacial score (nSPS) is 14.1. The molecule has 0 spiro atoms. The lowest BCUT2D eigenvalue weighted by atomic mass is 9.89. The van der Waals surface area contributed by atoms with E-state index in [0.29, 0.717) is 29.2 Å². The molecule has 0 saturated heterocycles. The first-order valence-corrected chi connectivity index (χ1v) is 11.6. The minimum Gasteiger partial charge on any atom is -0.496 e. The van der Waals surface area contributed by atoms with Gasteiger partial charge in [0.05, 0.1) is 24.6 Å². The molecule has 0 unspecified atom stereocenters. The monoisotopic (exact) mass is 472 g/mol. The first-order valence-electron chi connectivity index (χ1n) is 11.6. The number of halogens is 2. The van der Waals surface area contributed by atoms with Crippen LogP contribution in [-0.4, -0.2) is 36.0 Å². The Morgan fingerprint density at radius 3 is 2.47 bits per heavy atom. The molecule has 0 bridgehead atoms. The van der Waals surface area contributed by atoms with Crippen LogP contribution in [0.2, 0.25) is 0 Å². The minimum absolute atomic E-state index is 0.0605. The number of rotatable bonds is 11. The summed E-state index contributed by atoms with van der Waals surface area (Å²) in [7, 11) is 3.12. The van der Waals surface area contributed by atoms with Crippen LogP contribution in [0.4, 0.5) is 8.78 Å². The van der Waals surface area contributed by atoms with Crippen LogP contribution in [0.1, 0.15) is 61.9 Å². The largest absolute Gasteiger partial charge is 0.496 e. The summed E-state index contributed by atoms with van der Waals surface area (Å²) < 4.78 is 44.5. The topological polar surface area (TPSA) is 62.1 Å². The van der Waals surface area contributed by atoms with Gasteiger partial charge < -0.3 is 14.2 Å². The molecule has 2 heterocycles. The lowest BCUT2D eigenvalue weighted by Crippen LogP contribution is -2.26. The Morgan fingerprint density at radius 1 is 1.18 bits per heavy atom. The Hall–Kier alpha value is -3.00. The molecule has 2 aromatic heterocycles. The Kier molecular flexibility index (Phi) is 6.89. The van der Waals surface area contributed by atoms with E-state index in [1.165, 1.54) is 13.2 Å². The van der Waals surface area contributed by atoms with E-state index >= 15 is 0 Å². The van der Waals surface area contributed by atoms with Crippen LogP contribution >= 0.6 is 0 Å². The summed E-state index contributed by atoms with van der Waals surface area (Å²) in [5.74, 6) is 0.0757. The molecule has 0 N–H and O–H groups in total. The maximum atomic E-state index is 13.3. The summed E-state index contributed by atoms with van der Waals surface area (Å²) in [5.41, 5.74) is 2.59. The van der Waals surface area contributed by atoms with Crippen molar-refractivity contribution in [3.63, 3.8) is 0 Å². The fourth-order valence-electron chi connectivity index (χ4n) is 4.59. The van der Waals surface area contributed by atoms with Gasteiger partial charge in [-0.2, -0.15) is 8.78 Å². The molecule has 6 nitrogen and oxygen atoms in total. The Labute approximate surface area is 197 Å². The summed E-state index contributed by atoms with van der Waals surface area (Å²) in [4.78, 5) is 17.4. The van der Waals surface area contributed by atoms with Crippen molar-refractivity contribution in [3.05, 3.63) is 47.8 Å². The number of hydrogen-bond acceptors (Lipinski definition) is 5. The zero-order valence-corrected chi connectivity index (χ0v) is 19.9. The summed E-state index contributed by atoms with van der Waals surface area (Å²) in [6, 6.07) is 7.09. The lowest BCUT2D eigenvalue weighted by Gasteiger charge is -2.30. The van der Waals surface area contributed by atoms with E-state index in [9.17, 15) is 13.6 Å². The molecule has 1 aliphatic carbocycles. The first-order chi connectivity index (χ1) is 16.4.